The molecule has 1 heterocycles. The summed E-state index contributed by atoms with van der Waals surface area (Å²) in [5, 5.41) is 3.12. The molecule has 3 N–H and O–H groups in total. The molecule has 224 valence electrons. The number of nitrogens with zero attached hydrogens (tertiary/aromatic N) is 2. The molecule has 2 aliphatic carbocycles. The lowest BCUT2D eigenvalue weighted by Gasteiger charge is -2.39. The molecule has 7 rings (SSSR count). The highest BCUT2D eigenvalue weighted by atomic mass is 16.1. The summed E-state index contributed by atoms with van der Waals surface area (Å²) >= 11 is 0. The normalized spacial score (nSPS) is 18.4. The number of carbonyl (C=O) groups excluding carboxylic acids is 1. The highest BCUT2D eigenvalue weighted by Gasteiger charge is 2.37. The van der Waals surface area contributed by atoms with E-state index in [1.54, 1.807) is 6.21 Å². The Labute approximate surface area is 261 Å². The molecule has 5 heteroatoms. The van der Waals surface area contributed by atoms with E-state index < -0.39 is 0 Å². The monoisotopic (exact) mass is 582 g/mol. The summed E-state index contributed by atoms with van der Waals surface area (Å²) in [6.07, 6.45) is 10.9. The van der Waals surface area contributed by atoms with E-state index >= 15 is 0 Å². The number of hydrogen-bond donors (Lipinski definition) is 2. The third kappa shape index (κ3) is 5.85. The first-order chi connectivity index (χ1) is 21.5. The molecule has 3 unspecified atom stereocenters. The molecule has 4 aromatic carbocycles. The Hall–Kier alpha value is -4.48. The Bertz CT molecular complexity index is 1700. The summed E-state index contributed by atoms with van der Waals surface area (Å²) in [5.74, 6) is 0.580. The molecule has 44 heavy (non-hydrogen) atoms. The van der Waals surface area contributed by atoms with E-state index in [0.717, 1.165) is 36.2 Å². The number of nitrogens with one attached hydrogen (secondary N) is 1. The van der Waals surface area contributed by atoms with E-state index in [0.29, 0.717) is 17.6 Å². The fraction of sp³-hybridized carbons (Fsp3) is 0.282. The molecule has 0 bridgehead atoms. The molecule has 5 nitrogen and oxygen atoms in total. The van der Waals surface area contributed by atoms with Crippen LogP contribution in [0.3, 0.4) is 0 Å². The summed E-state index contributed by atoms with van der Waals surface area (Å²) < 4.78 is 0. The molecule has 0 saturated carbocycles. The molecule has 0 aromatic heterocycles. The standard InChI is InChI=1S/C30H34N2O.C9H8N2/c1-4-28(32(2)3)24-10-7-11-25-23(24)16-17-26-22-9-6-5-8-20(22)18-27(29(25)26)30(33)19-12-14-21(31)15-13-19;1-2-5-9-8(4-1)10-6-3-7-11-9/h5-6,8-9,12-17,24,27-28H,4,7,10-11,18,31H2,1-3H3;1-7,10H. The molecule has 0 fully saturated rings. The summed E-state index contributed by atoms with van der Waals surface area (Å²) in [4.78, 5) is 20.5. The Morgan fingerprint density at radius 3 is 2.55 bits per heavy atom. The summed E-state index contributed by atoms with van der Waals surface area (Å²) in [6.45, 7) is 2.29. The molecule has 0 amide bonds. The van der Waals surface area contributed by atoms with Gasteiger partial charge >= 0.3 is 0 Å². The second-order valence-electron chi connectivity index (χ2n) is 12.2. The lowest BCUT2D eigenvalue weighted by atomic mass is 9.68. The van der Waals surface area contributed by atoms with Gasteiger partial charge in [0.1, 0.15) is 0 Å². The zero-order valence-corrected chi connectivity index (χ0v) is 26.0. The predicted molar refractivity (Wildman–Crippen MR) is 184 cm³/mol. The molecule has 0 radical (unpaired) electrons. The zero-order chi connectivity index (χ0) is 30.6. The molecule has 0 spiro atoms. The number of para-hydroxylation sites is 2. The van der Waals surface area contributed by atoms with Crippen LogP contribution in [0.4, 0.5) is 17.1 Å². The number of fused-ring (bicyclic) bond motifs is 6. The first-order valence-corrected chi connectivity index (χ1v) is 15.8. The third-order valence-electron chi connectivity index (χ3n) is 9.41. The average Bonchev–Trinajstić information content (AvgIpc) is 3.30. The lowest BCUT2D eigenvalue weighted by molar-refractivity contribution is 0.0958. The maximum Gasteiger partial charge on any atom is 0.170 e. The average molecular weight is 583 g/mol. The van der Waals surface area contributed by atoms with Crippen molar-refractivity contribution in [3.63, 3.8) is 0 Å². The summed E-state index contributed by atoms with van der Waals surface area (Å²) in [7, 11) is 4.40. The number of anilines is 2. The van der Waals surface area contributed by atoms with Gasteiger partial charge in [0, 0.05) is 29.7 Å². The summed E-state index contributed by atoms with van der Waals surface area (Å²) in [6, 6.07) is 29.2. The minimum atomic E-state index is -0.147. The van der Waals surface area contributed by atoms with Crippen molar-refractivity contribution in [1.82, 2.24) is 4.90 Å². The van der Waals surface area contributed by atoms with Crippen molar-refractivity contribution in [1.29, 1.82) is 0 Å². The first-order valence-electron chi connectivity index (χ1n) is 15.8. The van der Waals surface area contributed by atoms with Crippen molar-refractivity contribution in [3.05, 3.63) is 125 Å². The van der Waals surface area contributed by atoms with Gasteiger partial charge in [0.05, 0.1) is 17.3 Å². The number of carbonyl (C=O) groups is 1. The number of nitrogen functional groups attached to an aromatic ring is 1. The van der Waals surface area contributed by atoms with Gasteiger partial charge < -0.3 is 16.0 Å². The van der Waals surface area contributed by atoms with Gasteiger partial charge in [-0.25, -0.2) is 0 Å². The van der Waals surface area contributed by atoms with Crippen molar-refractivity contribution in [3.8, 4) is 11.1 Å². The number of benzene rings is 4. The van der Waals surface area contributed by atoms with Crippen LogP contribution in [0.2, 0.25) is 0 Å². The van der Waals surface area contributed by atoms with E-state index in [9.17, 15) is 4.79 Å². The van der Waals surface area contributed by atoms with Gasteiger partial charge in [-0.1, -0.05) is 55.5 Å². The van der Waals surface area contributed by atoms with Crippen LogP contribution in [0.25, 0.3) is 11.1 Å². The second-order valence-corrected chi connectivity index (χ2v) is 12.2. The minimum absolute atomic E-state index is 0.147. The number of aliphatic imine (C=N–C) groups is 1. The van der Waals surface area contributed by atoms with Crippen LogP contribution in [-0.4, -0.2) is 37.0 Å². The van der Waals surface area contributed by atoms with E-state index in [2.05, 4.69) is 72.6 Å². The quantitative estimate of drug-likeness (QED) is 0.183. The van der Waals surface area contributed by atoms with Crippen molar-refractivity contribution in [2.24, 2.45) is 4.99 Å². The van der Waals surface area contributed by atoms with E-state index in [4.69, 9.17) is 5.73 Å². The fourth-order valence-corrected chi connectivity index (χ4v) is 7.37. The molecular formula is C39H42N4O. The topological polar surface area (TPSA) is 70.7 Å². The Balaban J connectivity index is 0.000000261. The number of allylic oxidation sites excluding steroid dienone is 1. The van der Waals surface area contributed by atoms with Crippen molar-refractivity contribution in [2.45, 2.75) is 56.9 Å². The maximum atomic E-state index is 13.9. The zero-order valence-electron chi connectivity index (χ0n) is 26.0. The first kappa shape index (κ1) is 29.6. The van der Waals surface area contributed by atoms with Gasteiger partial charge in [-0.2, -0.15) is 0 Å². The Morgan fingerprint density at radius 2 is 1.75 bits per heavy atom. The molecule has 3 aliphatic rings. The fourth-order valence-electron chi connectivity index (χ4n) is 7.37. The molecule has 1 aliphatic heterocycles. The van der Waals surface area contributed by atoms with Gasteiger partial charge in [-0.05, 0) is 128 Å². The largest absolute Gasteiger partial charge is 0.399 e. The highest BCUT2D eigenvalue weighted by Crippen LogP contribution is 2.48. The van der Waals surface area contributed by atoms with Gasteiger partial charge in [-0.3, -0.25) is 9.79 Å². The van der Waals surface area contributed by atoms with Crippen LogP contribution < -0.4 is 11.1 Å². The number of ketones is 1. The Morgan fingerprint density at radius 1 is 0.977 bits per heavy atom. The third-order valence-corrected chi connectivity index (χ3v) is 9.41. The predicted octanol–water partition coefficient (Wildman–Crippen LogP) is 8.55. The molecule has 0 saturated heterocycles. The van der Waals surface area contributed by atoms with E-state index in [-0.39, 0.29) is 11.7 Å². The Kier molecular flexibility index (Phi) is 8.76. The number of hydrogen-bond acceptors (Lipinski definition) is 5. The second kappa shape index (κ2) is 13.0. The number of Topliss-reactive ketones (excluding diaryl/α,β-unsaturated/α-hetero) is 1. The number of rotatable bonds is 5. The summed E-state index contributed by atoms with van der Waals surface area (Å²) in [5.41, 5.74) is 17.4. The van der Waals surface area contributed by atoms with Crippen LogP contribution in [0.15, 0.2) is 102 Å². The molecule has 4 aromatic rings. The molecular weight excluding hydrogens is 540 g/mol. The van der Waals surface area contributed by atoms with Gasteiger partial charge in [0.2, 0.25) is 0 Å². The van der Waals surface area contributed by atoms with Crippen LogP contribution in [0.5, 0.6) is 0 Å². The van der Waals surface area contributed by atoms with Gasteiger partial charge in [-0.15, -0.1) is 0 Å². The van der Waals surface area contributed by atoms with Crippen LogP contribution in [-0.2, 0) is 12.8 Å². The van der Waals surface area contributed by atoms with Crippen LogP contribution in [0.1, 0.15) is 70.6 Å². The van der Waals surface area contributed by atoms with Gasteiger partial charge in [0.15, 0.2) is 5.78 Å². The maximum absolute atomic E-state index is 13.9. The van der Waals surface area contributed by atoms with Crippen LogP contribution in [0, 0.1) is 0 Å². The highest BCUT2D eigenvalue weighted by molar-refractivity contribution is 6.03. The van der Waals surface area contributed by atoms with Crippen LogP contribution >= 0.6 is 0 Å². The van der Waals surface area contributed by atoms with Gasteiger partial charge in [0.25, 0.3) is 0 Å². The SMILES string of the molecule is C1=CNc2ccccc2N=C1.CCC(C1CCCc2c1ccc1c2C(C(=O)c2ccc(N)cc2)Cc2ccccc2-1)N(C)C. The molecule has 3 atom stereocenters. The van der Waals surface area contributed by atoms with Crippen molar-refractivity contribution < 1.29 is 4.79 Å². The van der Waals surface area contributed by atoms with E-state index in [1.165, 1.54) is 46.2 Å². The smallest absolute Gasteiger partial charge is 0.170 e. The van der Waals surface area contributed by atoms with Crippen molar-refractivity contribution >= 4 is 29.1 Å². The minimum Gasteiger partial charge on any atom is -0.399 e. The lowest BCUT2D eigenvalue weighted by Crippen LogP contribution is -2.36. The van der Waals surface area contributed by atoms with E-state index in [1.807, 2.05) is 60.8 Å². The number of nitrogens with two attached hydrogens (primary N) is 1. The number of likely N-dealkylation sites (N-methyl/N-ethyl adjacent to an activating group) is 1. The van der Waals surface area contributed by atoms with Crippen molar-refractivity contribution in [2.75, 3.05) is 25.1 Å².